The van der Waals surface area contributed by atoms with Gasteiger partial charge in [-0.3, -0.25) is 0 Å². The first-order valence-corrected chi connectivity index (χ1v) is 6.17. The summed E-state index contributed by atoms with van der Waals surface area (Å²) in [4.78, 5) is 0. The Morgan fingerprint density at radius 2 is 1.40 bits per heavy atom. The summed E-state index contributed by atoms with van der Waals surface area (Å²) in [6.45, 7) is 2.07. The van der Waals surface area contributed by atoms with Crippen molar-refractivity contribution >= 4 is 5.69 Å². The minimum atomic E-state index is -0.828. The van der Waals surface area contributed by atoms with Crippen molar-refractivity contribution in [3.05, 3.63) is 23.8 Å². The van der Waals surface area contributed by atoms with E-state index < -0.39 is 17.4 Å². The monoisotopic (exact) mass is 291 g/mol. The van der Waals surface area contributed by atoms with Crippen LogP contribution in [0, 0.1) is 11.6 Å². The van der Waals surface area contributed by atoms with Gasteiger partial charge in [-0.1, -0.05) is 0 Å². The van der Waals surface area contributed by atoms with Crippen molar-refractivity contribution in [2.45, 2.75) is 0 Å². The molecule has 0 aliphatic carbocycles. The van der Waals surface area contributed by atoms with Gasteiger partial charge in [-0.2, -0.15) is 0 Å². The van der Waals surface area contributed by atoms with Crippen LogP contribution in [0.15, 0.2) is 12.1 Å². The molecule has 0 aromatic heterocycles. The number of halogens is 2. The third-order valence-electron chi connectivity index (χ3n) is 2.30. The summed E-state index contributed by atoms with van der Waals surface area (Å²) in [5.41, 5.74) is 5.30. The van der Waals surface area contributed by atoms with Crippen molar-refractivity contribution in [2.75, 3.05) is 52.5 Å². The maximum Gasteiger partial charge on any atom is 0.190 e. The second-order valence-corrected chi connectivity index (χ2v) is 3.88. The van der Waals surface area contributed by atoms with Crippen LogP contribution in [0.4, 0.5) is 14.5 Å². The Labute approximate surface area is 116 Å². The molecule has 0 saturated heterocycles. The zero-order valence-electron chi connectivity index (χ0n) is 11.4. The fourth-order valence-corrected chi connectivity index (χ4v) is 1.38. The lowest BCUT2D eigenvalue weighted by atomic mass is 10.3. The normalized spacial score (nSPS) is 10.8. The van der Waals surface area contributed by atoms with Crippen molar-refractivity contribution in [2.24, 2.45) is 0 Å². The van der Waals surface area contributed by atoms with Gasteiger partial charge in [0.1, 0.15) is 6.61 Å². The highest BCUT2D eigenvalue weighted by Gasteiger charge is 2.11. The Morgan fingerprint density at radius 1 is 0.900 bits per heavy atom. The van der Waals surface area contributed by atoms with E-state index >= 15 is 0 Å². The quantitative estimate of drug-likeness (QED) is 0.524. The fraction of sp³-hybridized carbons (Fsp3) is 0.538. The number of rotatable bonds is 10. The predicted molar refractivity (Wildman–Crippen MR) is 69.8 cm³/mol. The van der Waals surface area contributed by atoms with Crippen molar-refractivity contribution < 1.29 is 27.7 Å². The topological polar surface area (TPSA) is 62.9 Å². The average molecular weight is 291 g/mol. The Morgan fingerprint density at radius 3 is 1.95 bits per heavy atom. The number of anilines is 1. The molecule has 114 valence electrons. The second kappa shape index (κ2) is 9.46. The summed E-state index contributed by atoms with van der Waals surface area (Å²) >= 11 is 0. The molecule has 0 aliphatic heterocycles. The highest BCUT2D eigenvalue weighted by Crippen LogP contribution is 2.24. The number of ether oxygens (including phenoxy) is 4. The number of nitrogen functional groups attached to an aromatic ring is 1. The molecular weight excluding hydrogens is 272 g/mol. The largest absolute Gasteiger partial charge is 0.485 e. The molecule has 1 aromatic rings. The Bertz CT molecular complexity index is 381. The molecular formula is C13H19F2NO4. The van der Waals surface area contributed by atoms with E-state index in [9.17, 15) is 8.78 Å². The van der Waals surface area contributed by atoms with E-state index in [1.807, 2.05) is 0 Å². The van der Waals surface area contributed by atoms with E-state index in [2.05, 4.69) is 0 Å². The Kier molecular flexibility index (Phi) is 7.86. The van der Waals surface area contributed by atoms with Gasteiger partial charge in [-0.15, -0.1) is 0 Å². The minimum absolute atomic E-state index is 0.0109. The lowest BCUT2D eigenvalue weighted by molar-refractivity contribution is 0.0174. The highest BCUT2D eigenvalue weighted by molar-refractivity contribution is 5.44. The van der Waals surface area contributed by atoms with Gasteiger partial charge in [-0.05, 0) is 0 Å². The third-order valence-corrected chi connectivity index (χ3v) is 2.30. The molecule has 5 nitrogen and oxygen atoms in total. The van der Waals surface area contributed by atoms with Crippen LogP contribution in [-0.4, -0.2) is 46.8 Å². The molecule has 0 aliphatic rings. The van der Waals surface area contributed by atoms with Crippen LogP contribution in [-0.2, 0) is 14.2 Å². The molecule has 0 heterocycles. The van der Waals surface area contributed by atoms with Gasteiger partial charge in [-0.25, -0.2) is 8.78 Å². The summed E-state index contributed by atoms with van der Waals surface area (Å²) in [5, 5.41) is 0. The smallest absolute Gasteiger partial charge is 0.190 e. The van der Waals surface area contributed by atoms with Crippen molar-refractivity contribution in [3.63, 3.8) is 0 Å². The van der Waals surface area contributed by atoms with Gasteiger partial charge >= 0.3 is 0 Å². The van der Waals surface area contributed by atoms with Crippen LogP contribution in [0.3, 0.4) is 0 Å². The molecule has 1 rings (SSSR count). The van der Waals surface area contributed by atoms with E-state index in [-0.39, 0.29) is 18.9 Å². The molecule has 0 fully saturated rings. The summed E-state index contributed by atoms with van der Waals surface area (Å²) < 4.78 is 46.8. The first-order chi connectivity index (χ1) is 9.65. The molecule has 2 N–H and O–H groups in total. The second-order valence-electron chi connectivity index (χ2n) is 3.88. The van der Waals surface area contributed by atoms with Crippen molar-refractivity contribution in [1.29, 1.82) is 0 Å². The van der Waals surface area contributed by atoms with Crippen LogP contribution in [0.25, 0.3) is 0 Å². The lowest BCUT2D eigenvalue weighted by Gasteiger charge is -2.09. The molecule has 0 atom stereocenters. The van der Waals surface area contributed by atoms with Gasteiger partial charge in [0.25, 0.3) is 0 Å². The standard InChI is InChI=1S/C13H19F2NO4/c1-17-2-3-18-4-5-19-6-7-20-13-11(14)8-10(16)9-12(13)15/h8-9H,2-7,16H2,1H3. The van der Waals surface area contributed by atoms with E-state index in [4.69, 9.17) is 24.7 Å². The Balaban J connectivity index is 2.13. The third kappa shape index (κ3) is 6.14. The fourth-order valence-electron chi connectivity index (χ4n) is 1.38. The first kappa shape index (κ1) is 16.6. The van der Waals surface area contributed by atoms with Gasteiger partial charge in [0.2, 0.25) is 0 Å². The van der Waals surface area contributed by atoms with Crippen molar-refractivity contribution in [3.8, 4) is 5.75 Å². The molecule has 1 aromatic carbocycles. The summed E-state index contributed by atoms with van der Waals surface area (Å²) in [7, 11) is 1.59. The molecule has 20 heavy (non-hydrogen) atoms. The molecule has 0 radical (unpaired) electrons. The van der Waals surface area contributed by atoms with E-state index in [0.29, 0.717) is 26.4 Å². The molecule has 0 amide bonds. The molecule has 0 bridgehead atoms. The molecule has 0 unspecified atom stereocenters. The van der Waals surface area contributed by atoms with Crippen LogP contribution in [0.1, 0.15) is 0 Å². The summed E-state index contributed by atoms with van der Waals surface area (Å²) in [6.07, 6.45) is 0. The summed E-state index contributed by atoms with van der Waals surface area (Å²) in [5.74, 6) is -2.10. The maximum absolute atomic E-state index is 13.3. The number of hydrogen-bond acceptors (Lipinski definition) is 5. The zero-order chi connectivity index (χ0) is 14.8. The van der Waals surface area contributed by atoms with Crippen LogP contribution < -0.4 is 10.5 Å². The van der Waals surface area contributed by atoms with Gasteiger partial charge in [0.15, 0.2) is 17.4 Å². The number of hydrogen-bond donors (Lipinski definition) is 1. The number of methoxy groups -OCH3 is 1. The predicted octanol–water partition coefficient (Wildman–Crippen LogP) is 1.61. The van der Waals surface area contributed by atoms with Gasteiger partial charge < -0.3 is 24.7 Å². The molecule has 0 saturated carbocycles. The first-order valence-electron chi connectivity index (χ1n) is 6.17. The van der Waals surface area contributed by atoms with Crippen LogP contribution in [0.2, 0.25) is 0 Å². The Hall–Kier alpha value is -1.44. The van der Waals surface area contributed by atoms with Crippen molar-refractivity contribution in [1.82, 2.24) is 0 Å². The zero-order valence-corrected chi connectivity index (χ0v) is 11.4. The van der Waals surface area contributed by atoms with Gasteiger partial charge in [0.05, 0.1) is 33.0 Å². The SMILES string of the molecule is COCCOCCOCCOc1c(F)cc(N)cc1F. The van der Waals surface area contributed by atoms with Crippen LogP contribution in [0.5, 0.6) is 5.75 Å². The van der Waals surface area contributed by atoms with E-state index in [1.54, 1.807) is 7.11 Å². The number of benzene rings is 1. The molecule has 0 spiro atoms. The minimum Gasteiger partial charge on any atom is -0.485 e. The summed E-state index contributed by atoms with van der Waals surface area (Å²) in [6, 6.07) is 2.01. The van der Waals surface area contributed by atoms with Crippen LogP contribution >= 0.6 is 0 Å². The number of nitrogens with two attached hydrogens (primary N) is 1. The average Bonchev–Trinajstić information content (AvgIpc) is 2.39. The lowest BCUT2D eigenvalue weighted by Crippen LogP contribution is -2.13. The van der Waals surface area contributed by atoms with E-state index in [1.165, 1.54) is 0 Å². The maximum atomic E-state index is 13.3. The highest BCUT2D eigenvalue weighted by atomic mass is 19.1. The van der Waals surface area contributed by atoms with E-state index in [0.717, 1.165) is 12.1 Å². The van der Waals surface area contributed by atoms with Gasteiger partial charge in [0, 0.05) is 24.9 Å². The molecule has 7 heteroatoms.